The van der Waals surface area contributed by atoms with Crippen molar-refractivity contribution in [2.45, 2.75) is 44.2 Å². The summed E-state index contributed by atoms with van der Waals surface area (Å²) in [4.78, 5) is 12.6. The molecule has 2 fully saturated rings. The number of nitrogens with one attached hydrogen (secondary N) is 1. The summed E-state index contributed by atoms with van der Waals surface area (Å²) >= 11 is 0. The van der Waals surface area contributed by atoms with E-state index in [-0.39, 0.29) is 11.7 Å². The number of Topliss-reactive ketones (excluding diaryl/α,β-unsaturated/α-hetero) is 1. The Morgan fingerprint density at radius 3 is 2.60 bits per heavy atom. The topological polar surface area (TPSA) is 38.3 Å². The highest BCUT2D eigenvalue weighted by molar-refractivity contribution is 5.98. The molecule has 3 rings (SSSR count). The second-order valence-corrected chi connectivity index (χ2v) is 5.90. The van der Waals surface area contributed by atoms with Crippen molar-refractivity contribution in [3.8, 4) is 5.75 Å². The van der Waals surface area contributed by atoms with Crippen LogP contribution in [0, 0.1) is 11.7 Å². The van der Waals surface area contributed by atoms with Gasteiger partial charge in [-0.2, -0.15) is 0 Å². The second-order valence-electron chi connectivity index (χ2n) is 5.90. The van der Waals surface area contributed by atoms with Gasteiger partial charge >= 0.3 is 0 Å². The van der Waals surface area contributed by atoms with Crippen LogP contribution >= 0.6 is 0 Å². The number of hydrogen-bond acceptors (Lipinski definition) is 3. The predicted molar refractivity (Wildman–Crippen MR) is 74.6 cm³/mol. The van der Waals surface area contributed by atoms with Crippen molar-refractivity contribution >= 4 is 5.78 Å². The third-order valence-electron chi connectivity index (χ3n) is 4.48. The van der Waals surface area contributed by atoms with Crippen molar-refractivity contribution in [1.82, 2.24) is 5.32 Å². The number of ether oxygens (including phenoxy) is 1. The Morgan fingerprint density at radius 1 is 1.25 bits per heavy atom. The summed E-state index contributed by atoms with van der Waals surface area (Å²) in [6.45, 7) is 0. The van der Waals surface area contributed by atoms with Crippen LogP contribution in [0.4, 0.5) is 4.39 Å². The molecule has 4 heteroatoms. The number of carbonyl (C=O) groups is 1. The average Bonchev–Trinajstić information content (AvgIpc) is 2.45. The van der Waals surface area contributed by atoms with Gasteiger partial charge in [0.25, 0.3) is 0 Å². The highest BCUT2D eigenvalue weighted by Crippen LogP contribution is 2.32. The lowest BCUT2D eigenvalue weighted by Gasteiger charge is -2.39. The normalized spacial score (nSPS) is 29.0. The van der Waals surface area contributed by atoms with Gasteiger partial charge in [0.15, 0.2) is 5.78 Å². The third-order valence-corrected chi connectivity index (χ3v) is 4.48. The molecule has 0 aliphatic carbocycles. The summed E-state index contributed by atoms with van der Waals surface area (Å²) in [6, 6.07) is 5.17. The number of rotatable bonds is 3. The highest BCUT2D eigenvalue weighted by atomic mass is 19.1. The van der Waals surface area contributed by atoms with Crippen molar-refractivity contribution < 1.29 is 13.9 Å². The molecule has 1 aromatic rings. The van der Waals surface area contributed by atoms with E-state index in [2.05, 4.69) is 5.32 Å². The number of piperidine rings is 2. The molecule has 2 bridgehead atoms. The lowest BCUT2D eigenvalue weighted by Crippen LogP contribution is -2.50. The van der Waals surface area contributed by atoms with Crippen LogP contribution in [0.5, 0.6) is 5.75 Å². The average molecular weight is 277 g/mol. The van der Waals surface area contributed by atoms with E-state index in [1.165, 1.54) is 25.7 Å². The molecule has 2 unspecified atom stereocenters. The van der Waals surface area contributed by atoms with Gasteiger partial charge in [-0.1, -0.05) is 6.42 Å². The van der Waals surface area contributed by atoms with Gasteiger partial charge in [0.05, 0.1) is 7.11 Å². The van der Waals surface area contributed by atoms with E-state index in [1.54, 1.807) is 6.07 Å². The van der Waals surface area contributed by atoms with Crippen LogP contribution in [-0.2, 0) is 0 Å². The minimum atomic E-state index is -0.415. The van der Waals surface area contributed by atoms with Crippen molar-refractivity contribution in [2.75, 3.05) is 7.11 Å². The molecule has 1 N–H and O–H groups in total. The fraction of sp³-hybridized carbons (Fsp3) is 0.562. The van der Waals surface area contributed by atoms with E-state index in [4.69, 9.17) is 4.74 Å². The summed E-state index contributed by atoms with van der Waals surface area (Å²) in [5.74, 6) is 0.0589. The minimum Gasteiger partial charge on any atom is -0.497 e. The zero-order valence-electron chi connectivity index (χ0n) is 11.7. The van der Waals surface area contributed by atoms with Crippen LogP contribution in [0.1, 0.15) is 42.5 Å². The molecule has 0 spiro atoms. The standard InChI is InChI=1S/C16H20FNO2/c1-20-15-8-10(5-12(17)9-15)16(19)11-6-13-3-2-4-14(7-11)18-13/h5,8-9,11,13-14,18H,2-4,6-7H2,1H3. The van der Waals surface area contributed by atoms with E-state index < -0.39 is 5.82 Å². The Labute approximate surface area is 118 Å². The van der Waals surface area contributed by atoms with Crippen molar-refractivity contribution in [3.63, 3.8) is 0 Å². The Morgan fingerprint density at radius 2 is 1.95 bits per heavy atom. The monoisotopic (exact) mass is 277 g/mol. The molecule has 0 radical (unpaired) electrons. The molecule has 2 saturated heterocycles. The van der Waals surface area contributed by atoms with Crippen molar-refractivity contribution in [3.05, 3.63) is 29.6 Å². The quantitative estimate of drug-likeness (QED) is 0.863. The number of hydrogen-bond donors (Lipinski definition) is 1. The number of methoxy groups -OCH3 is 1. The highest BCUT2D eigenvalue weighted by Gasteiger charge is 2.35. The molecule has 2 aliphatic heterocycles. The van der Waals surface area contributed by atoms with Crippen LogP contribution in [-0.4, -0.2) is 25.0 Å². The van der Waals surface area contributed by atoms with Crippen LogP contribution in [0.2, 0.25) is 0 Å². The number of ketones is 1. The second kappa shape index (κ2) is 5.52. The van der Waals surface area contributed by atoms with Gasteiger partial charge in [-0.15, -0.1) is 0 Å². The van der Waals surface area contributed by atoms with Crippen LogP contribution in [0.3, 0.4) is 0 Å². The molecule has 2 aliphatic rings. The van der Waals surface area contributed by atoms with E-state index in [1.807, 2.05) is 0 Å². The summed E-state index contributed by atoms with van der Waals surface area (Å²) in [5, 5.41) is 3.57. The summed E-state index contributed by atoms with van der Waals surface area (Å²) in [7, 11) is 1.48. The first-order valence-corrected chi connectivity index (χ1v) is 7.30. The SMILES string of the molecule is COc1cc(F)cc(C(=O)C2CC3CCCC(C2)N3)c1. The maximum atomic E-state index is 13.5. The fourth-order valence-corrected chi connectivity index (χ4v) is 3.54. The molecule has 0 amide bonds. The Hall–Kier alpha value is -1.42. The Kier molecular flexibility index (Phi) is 3.74. The van der Waals surface area contributed by atoms with Gasteiger partial charge in [-0.25, -0.2) is 4.39 Å². The molecule has 3 nitrogen and oxygen atoms in total. The van der Waals surface area contributed by atoms with Gasteiger partial charge in [0.1, 0.15) is 11.6 Å². The van der Waals surface area contributed by atoms with Gasteiger partial charge in [0, 0.05) is 29.6 Å². The fourth-order valence-electron chi connectivity index (χ4n) is 3.54. The molecular weight excluding hydrogens is 257 g/mol. The largest absolute Gasteiger partial charge is 0.497 e. The van der Waals surface area contributed by atoms with E-state index in [0.717, 1.165) is 25.7 Å². The molecule has 0 aromatic heterocycles. The van der Waals surface area contributed by atoms with Gasteiger partial charge in [-0.05, 0) is 37.8 Å². The van der Waals surface area contributed by atoms with E-state index in [9.17, 15) is 9.18 Å². The minimum absolute atomic E-state index is 0.0121. The maximum Gasteiger partial charge on any atom is 0.166 e. The number of carbonyl (C=O) groups excluding carboxylic acids is 1. The summed E-state index contributed by atoms with van der Waals surface area (Å²) in [5.41, 5.74) is 0.437. The summed E-state index contributed by atoms with van der Waals surface area (Å²) in [6.07, 6.45) is 5.28. The van der Waals surface area contributed by atoms with E-state index in [0.29, 0.717) is 23.4 Å². The number of halogens is 1. The number of fused-ring (bicyclic) bond motifs is 2. The predicted octanol–water partition coefficient (Wildman–Crippen LogP) is 2.94. The smallest absolute Gasteiger partial charge is 0.166 e. The zero-order chi connectivity index (χ0) is 14.1. The molecule has 2 heterocycles. The van der Waals surface area contributed by atoms with Crippen LogP contribution in [0.15, 0.2) is 18.2 Å². The maximum absolute atomic E-state index is 13.5. The first-order chi connectivity index (χ1) is 9.65. The van der Waals surface area contributed by atoms with Gasteiger partial charge < -0.3 is 10.1 Å². The van der Waals surface area contributed by atoms with Gasteiger partial charge in [-0.3, -0.25) is 4.79 Å². The zero-order valence-corrected chi connectivity index (χ0v) is 11.7. The van der Waals surface area contributed by atoms with Crippen molar-refractivity contribution in [2.24, 2.45) is 5.92 Å². The molecule has 108 valence electrons. The number of benzene rings is 1. The Bertz CT molecular complexity index is 505. The molecule has 20 heavy (non-hydrogen) atoms. The van der Waals surface area contributed by atoms with E-state index >= 15 is 0 Å². The first kappa shape index (κ1) is 13.6. The molecule has 2 atom stereocenters. The third kappa shape index (κ3) is 2.70. The van der Waals surface area contributed by atoms with Crippen LogP contribution in [0.25, 0.3) is 0 Å². The molecule has 0 saturated carbocycles. The van der Waals surface area contributed by atoms with Gasteiger partial charge in [0.2, 0.25) is 0 Å². The first-order valence-electron chi connectivity index (χ1n) is 7.30. The summed E-state index contributed by atoms with van der Waals surface area (Å²) < 4.78 is 18.6. The Balaban J connectivity index is 1.80. The van der Waals surface area contributed by atoms with Crippen LogP contribution < -0.4 is 10.1 Å². The lowest BCUT2D eigenvalue weighted by molar-refractivity contribution is 0.0824. The lowest BCUT2D eigenvalue weighted by atomic mass is 9.77. The van der Waals surface area contributed by atoms with Crippen molar-refractivity contribution in [1.29, 1.82) is 0 Å². The molecular formula is C16H20FNO2. The molecule has 1 aromatic carbocycles.